The second-order valence-corrected chi connectivity index (χ2v) is 9.08. The number of hydrogen-bond donors (Lipinski definition) is 2. The van der Waals surface area contributed by atoms with Crippen molar-refractivity contribution >= 4 is 17.5 Å². The van der Waals surface area contributed by atoms with Crippen LogP contribution in [0.3, 0.4) is 0 Å². The summed E-state index contributed by atoms with van der Waals surface area (Å²) in [5.74, 6) is 1.45. The highest BCUT2D eigenvalue weighted by Gasteiger charge is 2.11. The van der Waals surface area contributed by atoms with Crippen LogP contribution in [0.2, 0.25) is 0 Å². The number of aromatic nitrogens is 6. The number of aryl methyl sites for hydroxylation is 3. The highest BCUT2D eigenvalue weighted by atomic mass is 16.1. The molecule has 3 rings (SSSR count). The Hall–Kier alpha value is -3.36. The summed E-state index contributed by atoms with van der Waals surface area (Å²) in [6, 6.07) is 7.55. The molecule has 0 aromatic carbocycles. The molecular formula is C27H42N8O. The predicted molar refractivity (Wildman–Crippen MR) is 144 cm³/mol. The van der Waals surface area contributed by atoms with Crippen LogP contribution in [-0.4, -0.2) is 36.1 Å². The van der Waals surface area contributed by atoms with Crippen molar-refractivity contribution in [2.75, 3.05) is 11.1 Å². The fraction of sp³-hybridized carbons (Fsp3) is 0.556. The van der Waals surface area contributed by atoms with Gasteiger partial charge in [-0.2, -0.15) is 4.80 Å². The summed E-state index contributed by atoms with van der Waals surface area (Å²) in [7, 11) is 0. The van der Waals surface area contributed by atoms with Crippen LogP contribution in [0, 0.1) is 13.8 Å². The van der Waals surface area contributed by atoms with E-state index in [4.69, 9.17) is 5.73 Å². The number of carbonyl (C=O) groups excluding carboxylic acids is 1. The Morgan fingerprint density at radius 1 is 0.889 bits per heavy atom. The van der Waals surface area contributed by atoms with Gasteiger partial charge in [-0.3, -0.25) is 4.79 Å². The average Bonchev–Trinajstić information content (AvgIpc) is 3.31. The zero-order valence-corrected chi connectivity index (χ0v) is 22.1. The molecule has 0 atom stereocenters. The first-order chi connectivity index (χ1) is 17.5. The first-order valence-corrected chi connectivity index (χ1v) is 13.1. The normalized spacial score (nSPS) is 10.5. The number of nitrogens with one attached hydrogen (secondary N) is 1. The van der Waals surface area contributed by atoms with E-state index in [9.17, 15) is 4.79 Å². The number of pyridine rings is 2. The largest absolute Gasteiger partial charge is 0.383 e. The Morgan fingerprint density at radius 2 is 1.50 bits per heavy atom. The summed E-state index contributed by atoms with van der Waals surface area (Å²) in [6.07, 6.45) is 16.4. The van der Waals surface area contributed by atoms with Gasteiger partial charge in [-0.15, -0.1) is 10.2 Å². The Labute approximate surface area is 215 Å². The first kappa shape index (κ1) is 28.9. The van der Waals surface area contributed by atoms with Crippen LogP contribution >= 0.6 is 0 Å². The number of unbranched alkanes of at least 4 members (excludes halogenated alkanes) is 9. The molecule has 0 unspecified atom stereocenters. The molecule has 9 nitrogen and oxygen atoms in total. The summed E-state index contributed by atoms with van der Waals surface area (Å²) in [6.45, 7) is 6.85. The van der Waals surface area contributed by atoms with Gasteiger partial charge in [0.05, 0.1) is 13.0 Å². The molecule has 1 amide bonds. The summed E-state index contributed by atoms with van der Waals surface area (Å²) < 4.78 is 0. The number of nitrogens with zero attached hydrogens (tertiary/aromatic N) is 6. The monoisotopic (exact) mass is 494 g/mol. The van der Waals surface area contributed by atoms with Crippen LogP contribution in [0.5, 0.6) is 0 Å². The number of nitrogen functional groups attached to an aromatic ring is 1. The summed E-state index contributed by atoms with van der Waals surface area (Å²) in [5.41, 5.74) is 7.37. The molecule has 0 aliphatic carbocycles. The van der Waals surface area contributed by atoms with Gasteiger partial charge in [0.2, 0.25) is 5.91 Å². The van der Waals surface area contributed by atoms with Crippen molar-refractivity contribution in [1.82, 2.24) is 30.2 Å². The van der Waals surface area contributed by atoms with Gasteiger partial charge in [0.25, 0.3) is 0 Å². The smallest absolute Gasteiger partial charge is 0.233 e. The van der Waals surface area contributed by atoms with E-state index < -0.39 is 0 Å². The third kappa shape index (κ3) is 11.9. The quantitative estimate of drug-likeness (QED) is 0.285. The third-order valence-electron chi connectivity index (χ3n) is 5.84. The van der Waals surface area contributed by atoms with E-state index >= 15 is 0 Å². The Morgan fingerprint density at radius 3 is 2.08 bits per heavy atom. The Kier molecular flexibility index (Phi) is 13.7. The third-order valence-corrected chi connectivity index (χ3v) is 5.84. The molecule has 36 heavy (non-hydrogen) atoms. The van der Waals surface area contributed by atoms with Gasteiger partial charge in [0, 0.05) is 12.4 Å². The zero-order chi connectivity index (χ0) is 26.0. The molecular weight excluding hydrogens is 452 g/mol. The maximum Gasteiger partial charge on any atom is 0.233 e. The zero-order valence-electron chi connectivity index (χ0n) is 22.1. The highest BCUT2D eigenvalue weighted by Crippen LogP contribution is 2.11. The molecule has 0 saturated heterocycles. The van der Waals surface area contributed by atoms with E-state index in [1.807, 2.05) is 38.1 Å². The maximum absolute atomic E-state index is 12.1. The molecule has 0 bridgehead atoms. The lowest BCUT2D eigenvalue weighted by Crippen LogP contribution is -2.17. The van der Waals surface area contributed by atoms with Crippen molar-refractivity contribution in [3.8, 4) is 0 Å². The second-order valence-electron chi connectivity index (χ2n) is 9.08. The Balaban J connectivity index is 0.000000482. The molecule has 0 radical (unpaired) electrons. The van der Waals surface area contributed by atoms with Crippen LogP contribution in [-0.2, 0) is 17.8 Å². The molecule has 0 fully saturated rings. The van der Waals surface area contributed by atoms with Crippen molar-refractivity contribution in [3.63, 3.8) is 0 Å². The minimum atomic E-state index is -0.180. The van der Waals surface area contributed by atoms with E-state index in [-0.39, 0.29) is 12.3 Å². The average molecular weight is 495 g/mol. The second kappa shape index (κ2) is 17.1. The van der Waals surface area contributed by atoms with Gasteiger partial charge >= 0.3 is 0 Å². The summed E-state index contributed by atoms with van der Waals surface area (Å²) >= 11 is 0. The lowest BCUT2D eigenvalue weighted by Gasteiger charge is -2.05. The van der Waals surface area contributed by atoms with Crippen molar-refractivity contribution in [2.24, 2.45) is 0 Å². The lowest BCUT2D eigenvalue weighted by atomic mass is 10.1. The van der Waals surface area contributed by atoms with Gasteiger partial charge in [-0.1, -0.05) is 76.8 Å². The maximum atomic E-state index is 12.1. The number of nitrogens with two attached hydrogens (primary N) is 1. The summed E-state index contributed by atoms with van der Waals surface area (Å²) in [4.78, 5) is 21.7. The number of tetrazole rings is 1. The minimum Gasteiger partial charge on any atom is -0.383 e. The van der Waals surface area contributed by atoms with Crippen LogP contribution < -0.4 is 11.1 Å². The molecule has 0 aliphatic heterocycles. The van der Waals surface area contributed by atoms with E-state index in [1.54, 1.807) is 17.2 Å². The highest BCUT2D eigenvalue weighted by molar-refractivity contribution is 5.91. The van der Waals surface area contributed by atoms with E-state index in [1.165, 1.54) is 57.8 Å². The molecule has 3 aromatic rings. The van der Waals surface area contributed by atoms with Crippen molar-refractivity contribution < 1.29 is 4.79 Å². The molecule has 0 spiro atoms. The van der Waals surface area contributed by atoms with Crippen molar-refractivity contribution in [2.45, 2.75) is 97.9 Å². The number of anilines is 2. The SMILES string of the molecule is CCCCCCCCCCCCn1nnc(CC(=O)Nc2ncccc2C)n1.Cc1cccnc1N. The summed E-state index contributed by atoms with van der Waals surface area (Å²) in [5, 5.41) is 15.1. The topological polar surface area (TPSA) is 124 Å². The molecule has 3 heterocycles. The fourth-order valence-electron chi connectivity index (χ4n) is 3.62. The molecule has 9 heteroatoms. The standard InChI is InChI=1S/C21H34N6O.C6H8N2/c1-3-4-5-6-7-8-9-10-11-12-16-27-25-19(24-26-27)17-20(28)23-21-18(2)14-13-15-22-21;1-5-3-2-4-8-6(5)7/h13-15H,3-12,16-17H2,1-2H3,(H,22,23,28);2-4H,1H3,(H2,7,8). The number of carbonyl (C=O) groups is 1. The Bertz CT molecular complexity index is 999. The van der Waals surface area contributed by atoms with Crippen molar-refractivity contribution in [1.29, 1.82) is 0 Å². The molecule has 3 N–H and O–H groups in total. The van der Waals surface area contributed by atoms with Crippen molar-refractivity contribution in [3.05, 3.63) is 53.6 Å². The molecule has 3 aromatic heterocycles. The van der Waals surface area contributed by atoms with E-state index in [0.717, 1.165) is 24.1 Å². The molecule has 0 saturated carbocycles. The van der Waals surface area contributed by atoms with Gasteiger partial charge in [0.15, 0.2) is 5.82 Å². The molecule has 0 aliphatic rings. The minimum absolute atomic E-state index is 0.105. The van der Waals surface area contributed by atoms with Gasteiger partial charge < -0.3 is 11.1 Å². The van der Waals surface area contributed by atoms with Gasteiger partial charge in [-0.25, -0.2) is 9.97 Å². The van der Waals surface area contributed by atoms with Crippen LogP contribution in [0.25, 0.3) is 0 Å². The number of amides is 1. The van der Waals surface area contributed by atoms with E-state index in [0.29, 0.717) is 17.5 Å². The van der Waals surface area contributed by atoms with Crippen LogP contribution in [0.4, 0.5) is 11.6 Å². The first-order valence-electron chi connectivity index (χ1n) is 13.1. The number of rotatable bonds is 14. The van der Waals surface area contributed by atoms with Crippen LogP contribution in [0.1, 0.15) is 88.1 Å². The van der Waals surface area contributed by atoms with Gasteiger partial charge in [-0.05, 0) is 48.7 Å². The van der Waals surface area contributed by atoms with E-state index in [2.05, 4.69) is 37.6 Å². The van der Waals surface area contributed by atoms with Crippen LogP contribution in [0.15, 0.2) is 36.7 Å². The fourth-order valence-corrected chi connectivity index (χ4v) is 3.62. The molecule has 196 valence electrons. The number of hydrogen-bond acceptors (Lipinski definition) is 7. The predicted octanol–water partition coefficient (Wildman–Crippen LogP) is 5.45. The lowest BCUT2D eigenvalue weighted by molar-refractivity contribution is -0.115. The van der Waals surface area contributed by atoms with Gasteiger partial charge in [0.1, 0.15) is 11.6 Å².